The quantitative estimate of drug-likeness (QED) is 0.851. The molecule has 1 aliphatic carbocycles. The number of carbonyl (C=O) groups excluding carboxylic acids is 2. The molecule has 0 bridgehead atoms. The van der Waals surface area contributed by atoms with Gasteiger partial charge in [0, 0.05) is 13.5 Å². The van der Waals surface area contributed by atoms with Gasteiger partial charge in [0.1, 0.15) is 11.7 Å². The van der Waals surface area contributed by atoms with E-state index >= 15 is 0 Å². The van der Waals surface area contributed by atoms with E-state index in [0.717, 1.165) is 12.1 Å². The molecule has 1 aliphatic rings. The molecule has 8 heteroatoms. The van der Waals surface area contributed by atoms with Crippen LogP contribution in [0.3, 0.4) is 0 Å². The van der Waals surface area contributed by atoms with E-state index in [4.69, 9.17) is 4.74 Å². The number of hydrogen-bond donors (Lipinski definition) is 2. The minimum absolute atomic E-state index is 0.196. The lowest BCUT2D eigenvalue weighted by Gasteiger charge is -2.37. The summed E-state index contributed by atoms with van der Waals surface area (Å²) >= 11 is 1.26. The van der Waals surface area contributed by atoms with E-state index in [0.29, 0.717) is 29.4 Å². The van der Waals surface area contributed by atoms with Crippen molar-refractivity contribution in [3.63, 3.8) is 0 Å². The zero-order valence-corrected chi connectivity index (χ0v) is 16.3. The van der Waals surface area contributed by atoms with E-state index in [-0.39, 0.29) is 11.9 Å². The van der Waals surface area contributed by atoms with Gasteiger partial charge in [-0.2, -0.15) is 0 Å². The summed E-state index contributed by atoms with van der Waals surface area (Å²) in [7, 11) is 0. The molecule has 25 heavy (non-hydrogen) atoms. The Hall–Kier alpha value is -1.67. The van der Waals surface area contributed by atoms with E-state index < -0.39 is 17.8 Å². The summed E-state index contributed by atoms with van der Waals surface area (Å²) < 4.78 is 5.51. The Labute approximate surface area is 152 Å². The molecule has 2 N–H and O–H groups in total. The smallest absolute Gasteiger partial charge is 0.410 e. The van der Waals surface area contributed by atoms with Gasteiger partial charge in [-0.25, -0.2) is 9.78 Å². The van der Waals surface area contributed by atoms with Gasteiger partial charge in [0.05, 0.1) is 16.6 Å². The first-order valence-corrected chi connectivity index (χ1v) is 9.39. The average Bonchev–Trinajstić information content (AvgIpc) is 2.86. The van der Waals surface area contributed by atoms with E-state index in [9.17, 15) is 14.7 Å². The predicted molar refractivity (Wildman–Crippen MR) is 96.7 cm³/mol. The summed E-state index contributed by atoms with van der Waals surface area (Å²) in [6.07, 6.45) is 0.790. The van der Waals surface area contributed by atoms with Crippen molar-refractivity contribution in [1.82, 2.24) is 9.88 Å². The number of aryl methyl sites for hydroxylation is 1. The van der Waals surface area contributed by atoms with E-state index in [1.54, 1.807) is 4.90 Å². The van der Waals surface area contributed by atoms with Gasteiger partial charge in [0.15, 0.2) is 5.13 Å². The summed E-state index contributed by atoms with van der Waals surface area (Å²) in [5, 5.41) is 14.0. The lowest BCUT2D eigenvalue weighted by Crippen LogP contribution is -2.47. The highest BCUT2D eigenvalue weighted by molar-refractivity contribution is 7.16. The van der Waals surface area contributed by atoms with Crippen molar-refractivity contribution in [2.24, 2.45) is 0 Å². The van der Waals surface area contributed by atoms with Gasteiger partial charge in [0.2, 0.25) is 5.91 Å². The van der Waals surface area contributed by atoms with Crippen LogP contribution in [0.15, 0.2) is 0 Å². The number of ether oxygens (including phenoxy) is 1. The van der Waals surface area contributed by atoms with Gasteiger partial charge in [0.25, 0.3) is 0 Å². The second-order valence-electron chi connectivity index (χ2n) is 7.24. The van der Waals surface area contributed by atoms with Crippen molar-refractivity contribution in [3.8, 4) is 0 Å². The van der Waals surface area contributed by atoms with Crippen LogP contribution in [0.25, 0.3) is 0 Å². The van der Waals surface area contributed by atoms with Crippen molar-refractivity contribution >= 4 is 28.5 Å². The molecule has 0 saturated heterocycles. The lowest BCUT2D eigenvalue weighted by molar-refractivity contribution is -0.114. The topological polar surface area (TPSA) is 91.8 Å². The molecule has 2 unspecified atom stereocenters. The molecule has 2 amide bonds. The third kappa shape index (κ3) is 4.92. The summed E-state index contributed by atoms with van der Waals surface area (Å²) in [5.41, 5.74) is 0.204. The van der Waals surface area contributed by atoms with Crippen LogP contribution in [-0.2, 0) is 16.0 Å². The Balaban J connectivity index is 2.21. The normalized spacial score (nSPS) is 19.9. The molecule has 1 heterocycles. The standard InChI is InChI=1S/C17H27N3O4S/c1-6-9-20(16(23)24-17(3,4)5)12-8-7-11-14(13(12)22)25-15(19-11)18-10(2)21/h12-13,22H,6-9H2,1-5H3,(H,18,19,21). The van der Waals surface area contributed by atoms with E-state index in [2.05, 4.69) is 10.3 Å². The molecular formula is C17H27N3O4S. The van der Waals surface area contributed by atoms with Gasteiger partial charge in [-0.05, 0) is 40.0 Å². The Morgan fingerprint density at radius 1 is 1.44 bits per heavy atom. The van der Waals surface area contributed by atoms with Crippen molar-refractivity contribution in [3.05, 3.63) is 10.6 Å². The summed E-state index contributed by atoms with van der Waals surface area (Å²) in [6, 6.07) is -0.354. The van der Waals surface area contributed by atoms with Crippen molar-refractivity contribution in [2.75, 3.05) is 11.9 Å². The number of amides is 2. The molecule has 1 aromatic heterocycles. The van der Waals surface area contributed by atoms with Crippen LogP contribution in [0.5, 0.6) is 0 Å². The Kier molecular flexibility index (Phi) is 6.05. The Morgan fingerprint density at radius 3 is 2.68 bits per heavy atom. The summed E-state index contributed by atoms with van der Waals surface area (Å²) in [4.78, 5) is 30.5. The number of fused-ring (bicyclic) bond motifs is 1. The van der Waals surface area contributed by atoms with Crippen LogP contribution in [0.2, 0.25) is 0 Å². The zero-order chi connectivity index (χ0) is 18.8. The van der Waals surface area contributed by atoms with Crippen LogP contribution < -0.4 is 5.32 Å². The minimum atomic E-state index is -0.831. The summed E-state index contributed by atoms with van der Waals surface area (Å²) in [6.45, 7) is 9.40. The minimum Gasteiger partial charge on any atom is -0.444 e. The average molecular weight is 369 g/mol. The maximum Gasteiger partial charge on any atom is 0.410 e. The molecular weight excluding hydrogens is 342 g/mol. The van der Waals surface area contributed by atoms with Crippen LogP contribution >= 0.6 is 11.3 Å². The van der Waals surface area contributed by atoms with Gasteiger partial charge in [-0.1, -0.05) is 18.3 Å². The third-order valence-electron chi connectivity index (χ3n) is 3.81. The fourth-order valence-corrected chi connectivity index (χ4v) is 3.98. The zero-order valence-electron chi connectivity index (χ0n) is 15.5. The second kappa shape index (κ2) is 7.70. The molecule has 140 valence electrons. The van der Waals surface area contributed by atoms with Crippen LogP contribution in [0.4, 0.5) is 9.93 Å². The van der Waals surface area contributed by atoms with E-state index in [1.807, 2.05) is 27.7 Å². The van der Waals surface area contributed by atoms with Crippen LogP contribution in [0.1, 0.15) is 64.1 Å². The number of hydrogen-bond acceptors (Lipinski definition) is 6. The molecule has 0 spiro atoms. The number of aliphatic hydroxyl groups excluding tert-OH is 1. The molecule has 0 aromatic carbocycles. The van der Waals surface area contributed by atoms with Gasteiger partial charge < -0.3 is 20.1 Å². The fraction of sp³-hybridized carbons (Fsp3) is 0.706. The molecule has 1 aromatic rings. The monoisotopic (exact) mass is 369 g/mol. The van der Waals surface area contributed by atoms with Crippen molar-refractivity contribution < 1.29 is 19.4 Å². The highest BCUT2D eigenvalue weighted by Crippen LogP contribution is 2.38. The maximum atomic E-state index is 12.6. The van der Waals surface area contributed by atoms with Crippen LogP contribution in [-0.4, -0.2) is 45.2 Å². The molecule has 2 atom stereocenters. The highest BCUT2D eigenvalue weighted by atomic mass is 32.1. The maximum absolute atomic E-state index is 12.6. The number of rotatable bonds is 4. The second-order valence-corrected chi connectivity index (χ2v) is 8.27. The number of anilines is 1. The Morgan fingerprint density at radius 2 is 2.12 bits per heavy atom. The first-order chi connectivity index (χ1) is 11.6. The SMILES string of the molecule is CCCN(C(=O)OC(C)(C)C)C1CCc2nc(NC(C)=O)sc2C1O. The molecule has 0 aliphatic heterocycles. The van der Waals surface area contributed by atoms with Gasteiger partial charge >= 0.3 is 6.09 Å². The fourth-order valence-electron chi connectivity index (χ4n) is 2.88. The molecule has 7 nitrogen and oxygen atoms in total. The first-order valence-electron chi connectivity index (χ1n) is 8.57. The lowest BCUT2D eigenvalue weighted by atomic mass is 9.93. The molecule has 0 radical (unpaired) electrons. The molecule has 2 rings (SSSR count). The first kappa shape index (κ1) is 19.7. The Bertz CT molecular complexity index is 638. The van der Waals surface area contributed by atoms with Gasteiger partial charge in [-0.15, -0.1) is 0 Å². The largest absolute Gasteiger partial charge is 0.444 e. The highest BCUT2D eigenvalue weighted by Gasteiger charge is 2.38. The number of aliphatic hydroxyl groups is 1. The number of thiazole rings is 1. The third-order valence-corrected chi connectivity index (χ3v) is 4.90. The van der Waals surface area contributed by atoms with Crippen molar-refractivity contribution in [1.29, 1.82) is 0 Å². The summed E-state index contributed by atoms with van der Waals surface area (Å²) in [5.74, 6) is -0.196. The van der Waals surface area contributed by atoms with Crippen LogP contribution in [0, 0.1) is 0 Å². The molecule has 0 fully saturated rings. The predicted octanol–water partition coefficient (Wildman–Crippen LogP) is 3.10. The number of nitrogens with one attached hydrogen (secondary N) is 1. The van der Waals surface area contributed by atoms with E-state index in [1.165, 1.54) is 18.3 Å². The number of nitrogens with zero attached hydrogens (tertiary/aromatic N) is 2. The molecule has 0 saturated carbocycles. The van der Waals surface area contributed by atoms with Gasteiger partial charge in [-0.3, -0.25) is 4.79 Å². The number of aromatic nitrogens is 1. The van der Waals surface area contributed by atoms with Crippen molar-refractivity contribution in [2.45, 2.75) is 71.6 Å². The number of carbonyl (C=O) groups is 2.